The Morgan fingerprint density at radius 2 is 0.750 bits per heavy atom. The van der Waals surface area contributed by atoms with Crippen molar-refractivity contribution in [1.29, 1.82) is 0 Å². The smallest absolute Gasteiger partial charge is 0.0462 e. The summed E-state index contributed by atoms with van der Waals surface area (Å²) in [5.74, 6) is 0. The monoisotopic (exact) mass is 518 g/mol. The van der Waals surface area contributed by atoms with Gasteiger partial charge >= 0.3 is 0 Å². The van der Waals surface area contributed by atoms with E-state index in [1.807, 2.05) is 36.4 Å². The van der Waals surface area contributed by atoms with Crippen LogP contribution in [0.15, 0.2) is 170 Å². The van der Waals surface area contributed by atoms with E-state index in [9.17, 15) is 0 Å². The Morgan fingerprint density at radius 3 is 1.15 bits per heavy atom. The zero-order chi connectivity index (χ0) is 27.9. The van der Waals surface area contributed by atoms with E-state index in [1.165, 1.54) is 5.57 Å². The lowest BCUT2D eigenvalue weighted by Crippen LogP contribution is -2.17. The van der Waals surface area contributed by atoms with Crippen molar-refractivity contribution in [1.82, 2.24) is 0 Å². The van der Waals surface area contributed by atoms with Crippen molar-refractivity contribution in [2.45, 2.75) is 13.8 Å². The quantitative estimate of drug-likeness (QED) is 0.179. The molecule has 5 rings (SSSR count). The first-order valence-electron chi connectivity index (χ1n) is 13.5. The number of allylic oxidation sites excluding steroid dienone is 3. The van der Waals surface area contributed by atoms with Gasteiger partial charge in [-0.3, -0.25) is 0 Å². The van der Waals surface area contributed by atoms with Crippen LogP contribution in [0.3, 0.4) is 0 Å². The molecule has 0 fully saturated rings. The van der Waals surface area contributed by atoms with E-state index < -0.39 is 0 Å². The van der Waals surface area contributed by atoms with Crippen LogP contribution in [0.25, 0.3) is 11.1 Å². The Kier molecular flexibility index (Phi) is 8.08. The van der Waals surface area contributed by atoms with Crippen LogP contribution in [-0.2, 0) is 0 Å². The average molecular weight is 519 g/mol. The van der Waals surface area contributed by atoms with Crippen molar-refractivity contribution in [2.24, 2.45) is 0 Å². The topological polar surface area (TPSA) is 6.48 Å². The summed E-state index contributed by atoms with van der Waals surface area (Å²) < 4.78 is 0. The van der Waals surface area contributed by atoms with Crippen molar-refractivity contribution in [2.75, 3.05) is 9.80 Å². The van der Waals surface area contributed by atoms with Gasteiger partial charge in [-0.05, 0) is 84.7 Å². The van der Waals surface area contributed by atoms with E-state index in [1.54, 1.807) is 0 Å². The molecule has 0 spiro atoms. The van der Waals surface area contributed by atoms with Gasteiger partial charge in [0.25, 0.3) is 0 Å². The molecule has 0 aromatic heterocycles. The molecule has 0 saturated carbocycles. The highest BCUT2D eigenvalue weighted by molar-refractivity contribution is 5.91. The molecule has 0 aliphatic rings. The summed E-state index contributed by atoms with van der Waals surface area (Å²) in [6.45, 7) is 13.5. The van der Waals surface area contributed by atoms with Crippen LogP contribution in [-0.4, -0.2) is 0 Å². The minimum absolute atomic E-state index is 0.832. The molecular weight excluding hydrogens is 484 g/mol. The number of hydrogen-bond acceptors (Lipinski definition) is 2. The molecule has 0 radical (unpaired) electrons. The van der Waals surface area contributed by atoms with Crippen molar-refractivity contribution in [3.05, 3.63) is 181 Å². The summed E-state index contributed by atoms with van der Waals surface area (Å²) in [5.41, 5.74) is 10.5. The summed E-state index contributed by atoms with van der Waals surface area (Å²) in [6, 6.07) is 50.1. The molecule has 2 nitrogen and oxygen atoms in total. The number of nitrogens with zero attached hydrogens (tertiary/aromatic N) is 2. The highest BCUT2D eigenvalue weighted by Gasteiger charge is 2.20. The molecule has 5 aromatic rings. The summed E-state index contributed by atoms with van der Waals surface area (Å²) in [7, 11) is 0. The molecule has 0 heterocycles. The van der Waals surface area contributed by atoms with E-state index in [4.69, 9.17) is 0 Å². The van der Waals surface area contributed by atoms with Gasteiger partial charge in [-0.25, -0.2) is 0 Å². The fourth-order valence-electron chi connectivity index (χ4n) is 5.03. The Hall–Kier alpha value is -5.08. The first-order chi connectivity index (χ1) is 19.6. The van der Waals surface area contributed by atoms with E-state index >= 15 is 0 Å². The average Bonchev–Trinajstić information content (AvgIpc) is 3.02. The fraction of sp³-hybridized carbons (Fsp3) is 0.0526. The number of rotatable bonds is 9. The number of para-hydroxylation sites is 4. The fourth-order valence-corrected chi connectivity index (χ4v) is 5.03. The van der Waals surface area contributed by atoms with Crippen LogP contribution in [0.4, 0.5) is 22.7 Å². The van der Waals surface area contributed by atoms with Gasteiger partial charge in [-0.15, -0.1) is 0 Å². The predicted molar refractivity (Wildman–Crippen MR) is 173 cm³/mol. The SMILES string of the molecule is C=C(C(=C)N(c1ccccc1)c1ccccc1)c1ccccc1/C(C)=C(/C)N(c1ccccc1)c1ccccc1. The lowest BCUT2D eigenvalue weighted by atomic mass is 9.92. The lowest BCUT2D eigenvalue weighted by molar-refractivity contribution is 1.15. The third-order valence-corrected chi connectivity index (χ3v) is 7.21. The Morgan fingerprint density at radius 1 is 0.425 bits per heavy atom. The molecular formula is C38H34N2. The minimum atomic E-state index is 0.832. The summed E-state index contributed by atoms with van der Waals surface area (Å²) >= 11 is 0. The molecule has 0 saturated heterocycles. The lowest BCUT2D eigenvalue weighted by Gasteiger charge is -2.30. The number of hydrogen-bond donors (Lipinski definition) is 0. The molecule has 0 N–H and O–H groups in total. The summed E-state index contributed by atoms with van der Waals surface area (Å²) in [4.78, 5) is 4.48. The second kappa shape index (κ2) is 12.2. The van der Waals surface area contributed by atoms with Crippen molar-refractivity contribution in [3.63, 3.8) is 0 Å². The largest absolute Gasteiger partial charge is 0.314 e. The Labute approximate surface area is 238 Å². The maximum absolute atomic E-state index is 4.58. The van der Waals surface area contributed by atoms with Crippen molar-refractivity contribution in [3.8, 4) is 0 Å². The van der Waals surface area contributed by atoms with Gasteiger partial charge in [0, 0.05) is 34.1 Å². The van der Waals surface area contributed by atoms with Crippen molar-refractivity contribution < 1.29 is 0 Å². The maximum Gasteiger partial charge on any atom is 0.0462 e. The molecule has 0 aliphatic heterocycles. The van der Waals surface area contributed by atoms with Gasteiger partial charge in [-0.2, -0.15) is 0 Å². The Bertz CT molecular complexity index is 1540. The molecule has 0 atom stereocenters. The van der Waals surface area contributed by atoms with Gasteiger partial charge in [0.1, 0.15) is 0 Å². The van der Waals surface area contributed by atoms with Crippen LogP contribution in [0.1, 0.15) is 25.0 Å². The van der Waals surface area contributed by atoms with E-state index in [0.717, 1.165) is 50.8 Å². The third-order valence-electron chi connectivity index (χ3n) is 7.21. The molecule has 0 amide bonds. The molecule has 0 bridgehead atoms. The van der Waals surface area contributed by atoms with Crippen LogP contribution in [0, 0.1) is 0 Å². The van der Waals surface area contributed by atoms with Crippen LogP contribution < -0.4 is 9.80 Å². The van der Waals surface area contributed by atoms with Gasteiger partial charge < -0.3 is 9.80 Å². The molecule has 5 aromatic carbocycles. The summed E-state index contributed by atoms with van der Waals surface area (Å²) in [5, 5.41) is 0. The van der Waals surface area contributed by atoms with E-state index in [2.05, 4.69) is 146 Å². The number of anilines is 4. The second-order valence-electron chi connectivity index (χ2n) is 9.69. The second-order valence-corrected chi connectivity index (χ2v) is 9.69. The van der Waals surface area contributed by atoms with E-state index in [-0.39, 0.29) is 0 Å². The normalized spacial score (nSPS) is 11.3. The first-order valence-corrected chi connectivity index (χ1v) is 13.5. The minimum Gasteiger partial charge on any atom is -0.314 e. The van der Waals surface area contributed by atoms with Crippen LogP contribution in [0.2, 0.25) is 0 Å². The standard InChI is InChI=1S/C38H34N2/c1-29(31(3)39(33-19-9-5-10-20-33)34-21-11-6-12-22-34)37-27-17-18-28-38(37)30(2)32(4)40(35-23-13-7-14-24-35)36-25-15-8-16-26-36/h5-28H,1,3H2,2,4H3/b32-30-. The highest BCUT2D eigenvalue weighted by Crippen LogP contribution is 2.39. The van der Waals surface area contributed by atoms with Gasteiger partial charge in [0.2, 0.25) is 0 Å². The molecule has 196 valence electrons. The molecule has 0 aliphatic carbocycles. The van der Waals surface area contributed by atoms with E-state index in [0.29, 0.717) is 0 Å². The zero-order valence-electron chi connectivity index (χ0n) is 23.2. The predicted octanol–water partition coefficient (Wildman–Crippen LogP) is 10.6. The molecule has 40 heavy (non-hydrogen) atoms. The van der Waals surface area contributed by atoms with Crippen LogP contribution in [0.5, 0.6) is 0 Å². The third kappa shape index (κ3) is 5.52. The van der Waals surface area contributed by atoms with Gasteiger partial charge in [0.05, 0.1) is 0 Å². The van der Waals surface area contributed by atoms with Crippen LogP contribution >= 0.6 is 0 Å². The summed E-state index contributed by atoms with van der Waals surface area (Å²) in [6.07, 6.45) is 0. The maximum atomic E-state index is 4.58. The number of benzene rings is 5. The van der Waals surface area contributed by atoms with Gasteiger partial charge in [0.15, 0.2) is 0 Å². The first kappa shape index (κ1) is 26.5. The van der Waals surface area contributed by atoms with Crippen molar-refractivity contribution >= 4 is 33.9 Å². The Balaban J connectivity index is 1.59. The van der Waals surface area contributed by atoms with Gasteiger partial charge in [-0.1, -0.05) is 110 Å². The highest BCUT2D eigenvalue weighted by atomic mass is 15.2. The molecule has 0 unspecified atom stereocenters. The molecule has 2 heteroatoms. The zero-order valence-corrected chi connectivity index (χ0v) is 23.2.